The van der Waals surface area contributed by atoms with Gasteiger partial charge in [-0.05, 0) is 25.5 Å². The van der Waals surface area contributed by atoms with Gasteiger partial charge in [-0.2, -0.15) is 0 Å². The number of hydrogen-bond donors (Lipinski definition) is 0. The average molecular weight is 174 g/mol. The Hall–Kier alpha value is -1.31. The number of nitrogens with zero attached hydrogens (tertiary/aromatic N) is 2. The van der Waals surface area contributed by atoms with E-state index in [1.165, 1.54) is 5.57 Å². The van der Waals surface area contributed by atoms with Crippen LogP contribution in [0.15, 0.2) is 36.0 Å². The van der Waals surface area contributed by atoms with E-state index in [2.05, 4.69) is 29.0 Å². The Bertz CT molecular complexity index is 303. The predicted molar refractivity (Wildman–Crippen MR) is 54.8 cm³/mol. The Kier molecular flexibility index (Phi) is 2.30. The van der Waals surface area contributed by atoms with E-state index in [9.17, 15) is 0 Å². The summed E-state index contributed by atoms with van der Waals surface area (Å²) in [6.45, 7) is 4.29. The van der Waals surface area contributed by atoms with Crippen molar-refractivity contribution in [1.29, 1.82) is 0 Å². The number of rotatable bonds is 1. The first-order valence-electron chi connectivity index (χ1n) is 4.68. The van der Waals surface area contributed by atoms with Gasteiger partial charge in [-0.1, -0.05) is 17.7 Å². The topological polar surface area (TPSA) is 16.1 Å². The van der Waals surface area contributed by atoms with Crippen LogP contribution in [0.3, 0.4) is 0 Å². The summed E-state index contributed by atoms with van der Waals surface area (Å²) in [6.07, 6.45) is 5.29. The highest BCUT2D eigenvalue weighted by molar-refractivity contribution is 5.40. The lowest BCUT2D eigenvalue weighted by Gasteiger charge is -2.26. The molecule has 2 nitrogen and oxygen atoms in total. The van der Waals surface area contributed by atoms with Crippen molar-refractivity contribution in [2.45, 2.75) is 13.3 Å². The Morgan fingerprint density at radius 2 is 2.31 bits per heavy atom. The van der Waals surface area contributed by atoms with E-state index in [0.717, 1.165) is 25.3 Å². The van der Waals surface area contributed by atoms with Crippen LogP contribution < -0.4 is 4.90 Å². The molecule has 0 spiro atoms. The van der Waals surface area contributed by atoms with Crippen LogP contribution in [0, 0.1) is 0 Å². The first-order valence-corrected chi connectivity index (χ1v) is 4.68. The molecule has 0 unspecified atom stereocenters. The quantitative estimate of drug-likeness (QED) is 0.607. The van der Waals surface area contributed by atoms with Crippen LogP contribution in [0.2, 0.25) is 0 Å². The fourth-order valence-electron chi connectivity index (χ4n) is 1.52. The Balaban J connectivity index is 2.12. The molecule has 0 atom stereocenters. The van der Waals surface area contributed by atoms with Crippen molar-refractivity contribution >= 4 is 5.82 Å². The molecule has 1 aliphatic heterocycles. The summed E-state index contributed by atoms with van der Waals surface area (Å²) in [5.74, 6) is 1.09. The molecule has 1 aliphatic rings. The fraction of sp³-hybridized carbons (Fsp3) is 0.364. The highest BCUT2D eigenvalue weighted by atomic mass is 15.2. The normalized spacial score (nSPS) is 17.0. The van der Waals surface area contributed by atoms with Gasteiger partial charge in [0.05, 0.1) is 0 Å². The van der Waals surface area contributed by atoms with Crippen LogP contribution in [0.4, 0.5) is 5.82 Å². The highest BCUT2D eigenvalue weighted by Gasteiger charge is 2.09. The molecule has 0 bridgehead atoms. The molecule has 0 aromatic carbocycles. The van der Waals surface area contributed by atoms with E-state index in [1.54, 1.807) is 0 Å². The van der Waals surface area contributed by atoms with Gasteiger partial charge in [0.15, 0.2) is 0 Å². The maximum atomic E-state index is 4.32. The molecule has 2 heterocycles. The second-order valence-electron chi connectivity index (χ2n) is 3.43. The number of anilines is 1. The molecular formula is C11H14N2. The van der Waals surface area contributed by atoms with Gasteiger partial charge in [0.1, 0.15) is 5.82 Å². The van der Waals surface area contributed by atoms with Gasteiger partial charge in [-0.15, -0.1) is 0 Å². The molecule has 1 aromatic rings. The number of hydrogen-bond acceptors (Lipinski definition) is 2. The zero-order chi connectivity index (χ0) is 9.10. The third-order valence-corrected chi connectivity index (χ3v) is 2.41. The smallest absolute Gasteiger partial charge is 0.128 e. The maximum Gasteiger partial charge on any atom is 0.128 e. The molecule has 13 heavy (non-hydrogen) atoms. The zero-order valence-electron chi connectivity index (χ0n) is 7.90. The Morgan fingerprint density at radius 1 is 1.38 bits per heavy atom. The minimum atomic E-state index is 1.00. The minimum Gasteiger partial charge on any atom is -0.353 e. The van der Waals surface area contributed by atoms with Crippen LogP contribution in [-0.4, -0.2) is 18.1 Å². The van der Waals surface area contributed by atoms with Crippen LogP contribution in [-0.2, 0) is 0 Å². The standard InChI is InChI=1S/C11H14N2/c1-10-5-8-13(9-6-10)11-4-2-3-7-12-11/h2-5,7H,6,8-9H2,1H3. The van der Waals surface area contributed by atoms with Crippen molar-refractivity contribution in [2.75, 3.05) is 18.0 Å². The Labute approximate surface area is 78.9 Å². The largest absolute Gasteiger partial charge is 0.353 e. The van der Waals surface area contributed by atoms with E-state index >= 15 is 0 Å². The molecule has 68 valence electrons. The van der Waals surface area contributed by atoms with E-state index in [1.807, 2.05) is 18.3 Å². The van der Waals surface area contributed by atoms with Gasteiger partial charge in [-0.3, -0.25) is 0 Å². The second kappa shape index (κ2) is 3.60. The molecule has 1 aromatic heterocycles. The molecule has 2 heteroatoms. The van der Waals surface area contributed by atoms with Crippen molar-refractivity contribution in [2.24, 2.45) is 0 Å². The molecule has 2 rings (SSSR count). The van der Waals surface area contributed by atoms with Gasteiger partial charge < -0.3 is 4.90 Å². The monoisotopic (exact) mass is 174 g/mol. The number of pyridine rings is 1. The fourth-order valence-corrected chi connectivity index (χ4v) is 1.52. The average Bonchev–Trinajstić information content (AvgIpc) is 2.20. The minimum absolute atomic E-state index is 1.00. The van der Waals surface area contributed by atoms with Crippen molar-refractivity contribution in [3.63, 3.8) is 0 Å². The molecule has 0 amide bonds. The van der Waals surface area contributed by atoms with E-state index < -0.39 is 0 Å². The van der Waals surface area contributed by atoms with Gasteiger partial charge in [0.25, 0.3) is 0 Å². The molecule has 0 N–H and O–H groups in total. The molecule has 0 aliphatic carbocycles. The van der Waals surface area contributed by atoms with Crippen molar-refractivity contribution in [3.8, 4) is 0 Å². The molecular weight excluding hydrogens is 160 g/mol. The van der Waals surface area contributed by atoms with Crippen LogP contribution in [0.5, 0.6) is 0 Å². The third kappa shape index (κ3) is 1.89. The molecule has 0 radical (unpaired) electrons. The molecule has 0 saturated carbocycles. The summed E-state index contributed by atoms with van der Waals surface area (Å²) in [6, 6.07) is 6.05. The first kappa shape index (κ1) is 8.30. The lowest BCUT2D eigenvalue weighted by atomic mass is 10.1. The highest BCUT2D eigenvalue weighted by Crippen LogP contribution is 2.15. The maximum absolute atomic E-state index is 4.32. The van der Waals surface area contributed by atoms with Gasteiger partial charge in [0.2, 0.25) is 0 Å². The summed E-state index contributed by atoms with van der Waals surface area (Å²) in [5.41, 5.74) is 1.49. The molecule has 0 saturated heterocycles. The molecule has 0 fully saturated rings. The van der Waals surface area contributed by atoms with Crippen molar-refractivity contribution < 1.29 is 0 Å². The van der Waals surface area contributed by atoms with Gasteiger partial charge in [0, 0.05) is 19.3 Å². The third-order valence-electron chi connectivity index (χ3n) is 2.41. The lowest BCUT2D eigenvalue weighted by Crippen LogP contribution is -2.28. The SMILES string of the molecule is CC1=CCN(c2ccccn2)CC1. The van der Waals surface area contributed by atoms with Crippen LogP contribution in [0.25, 0.3) is 0 Å². The van der Waals surface area contributed by atoms with E-state index in [-0.39, 0.29) is 0 Å². The van der Waals surface area contributed by atoms with E-state index in [4.69, 9.17) is 0 Å². The Morgan fingerprint density at radius 3 is 2.92 bits per heavy atom. The lowest BCUT2D eigenvalue weighted by molar-refractivity contribution is 0.775. The zero-order valence-corrected chi connectivity index (χ0v) is 7.90. The van der Waals surface area contributed by atoms with Gasteiger partial charge >= 0.3 is 0 Å². The predicted octanol–water partition coefficient (Wildman–Crippen LogP) is 2.24. The van der Waals surface area contributed by atoms with E-state index in [0.29, 0.717) is 0 Å². The summed E-state index contributed by atoms with van der Waals surface area (Å²) in [5, 5.41) is 0. The summed E-state index contributed by atoms with van der Waals surface area (Å²) < 4.78 is 0. The van der Waals surface area contributed by atoms with Crippen LogP contribution >= 0.6 is 0 Å². The summed E-state index contributed by atoms with van der Waals surface area (Å²) in [7, 11) is 0. The summed E-state index contributed by atoms with van der Waals surface area (Å²) in [4.78, 5) is 6.62. The summed E-state index contributed by atoms with van der Waals surface area (Å²) >= 11 is 0. The van der Waals surface area contributed by atoms with Crippen molar-refractivity contribution in [1.82, 2.24) is 4.98 Å². The van der Waals surface area contributed by atoms with Crippen molar-refractivity contribution in [3.05, 3.63) is 36.0 Å². The first-order chi connectivity index (χ1) is 6.36. The second-order valence-corrected chi connectivity index (χ2v) is 3.43. The van der Waals surface area contributed by atoms with Crippen LogP contribution in [0.1, 0.15) is 13.3 Å². The number of aromatic nitrogens is 1. The van der Waals surface area contributed by atoms with Gasteiger partial charge in [-0.25, -0.2) is 4.98 Å².